The molecule has 0 saturated carbocycles. The molecule has 2 rings (SSSR count). The Labute approximate surface area is 181 Å². The number of pyridine rings is 1. The van der Waals surface area contributed by atoms with Gasteiger partial charge in [-0.25, -0.2) is 10.8 Å². The molecule has 2 aromatic rings. The zero-order chi connectivity index (χ0) is 22.6. The van der Waals surface area contributed by atoms with Crippen molar-refractivity contribution in [3.8, 4) is 0 Å². The number of carbonyl (C=O) groups excluding carboxylic acids is 1. The van der Waals surface area contributed by atoms with Gasteiger partial charge in [0.1, 0.15) is 5.82 Å². The molecule has 0 fully saturated rings. The molecule has 0 atom stereocenters. The number of hydrazine groups is 1. The number of ether oxygens (including phenoxy) is 2. The highest BCUT2D eigenvalue weighted by molar-refractivity contribution is 6.46. The van der Waals surface area contributed by atoms with Crippen LogP contribution in [-0.2, 0) is 25.7 Å². The molecule has 4 N–H and O–H groups in total. The second-order valence-electron chi connectivity index (χ2n) is 6.28. The molecule has 166 valence electrons. The quantitative estimate of drug-likeness (QED) is 0.164. The van der Waals surface area contributed by atoms with Crippen molar-refractivity contribution in [1.29, 1.82) is 5.41 Å². The molecule has 0 bridgehead atoms. The van der Waals surface area contributed by atoms with Crippen LogP contribution in [0.4, 0.5) is 5.82 Å². The standard InChI is InChI=1S/C21H28N6O4/c1-4-29-21(30-5-2)20(28)25-17-13-9-12-16(24-17)14-31-26-18(19(22)27(3)23)15-10-7-6-8-11-15/h6-13,21-22H,4-5,14,23H2,1-3H3,(H,24,25,28)/b22-19?,26-18-. The highest BCUT2D eigenvalue weighted by atomic mass is 16.7. The fourth-order valence-corrected chi connectivity index (χ4v) is 2.48. The molecule has 1 amide bonds. The second kappa shape index (κ2) is 12.4. The number of oxime groups is 1. The molecular weight excluding hydrogens is 400 g/mol. The maximum Gasteiger partial charge on any atom is 0.282 e. The molecule has 0 aliphatic rings. The monoisotopic (exact) mass is 428 g/mol. The van der Waals surface area contributed by atoms with E-state index in [-0.39, 0.29) is 18.2 Å². The largest absolute Gasteiger partial charge is 0.389 e. The number of amidine groups is 1. The second-order valence-corrected chi connectivity index (χ2v) is 6.28. The number of anilines is 1. The van der Waals surface area contributed by atoms with E-state index in [1.54, 1.807) is 39.1 Å². The van der Waals surface area contributed by atoms with Crippen LogP contribution in [-0.4, -0.2) is 54.0 Å². The summed E-state index contributed by atoms with van der Waals surface area (Å²) in [5.41, 5.74) is 1.51. The van der Waals surface area contributed by atoms with Gasteiger partial charge in [-0.3, -0.25) is 15.2 Å². The Kier molecular flexibility index (Phi) is 9.56. The molecule has 1 aromatic carbocycles. The van der Waals surface area contributed by atoms with Gasteiger partial charge < -0.3 is 19.6 Å². The number of carbonyl (C=O) groups is 1. The lowest BCUT2D eigenvalue weighted by molar-refractivity contribution is -0.164. The Balaban J connectivity index is 2.07. The van der Waals surface area contributed by atoms with Crippen molar-refractivity contribution in [2.75, 3.05) is 25.6 Å². The Morgan fingerprint density at radius 2 is 1.84 bits per heavy atom. The van der Waals surface area contributed by atoms with Crippen LogP contribution >= 0.6 is 0 Å². The maximum absolute atomic E-state index is 12.3. The summed E-state index contributed by atoms with van der Waals surface area (Å²) in [5.74, 6) is 5.57. The van der Waals surface area contributed by atoms with E-state index in [1.807, 2.05) is 30.3 Å². The lowest BCUT2D eigenvalue weighted by Gasteiger charge is -2.16. The van der Waals surface area contributed by atoms with Crippen LogP contribution in [0.25, 0.3) is 0 Å². The lowest BCUT2D eigenvalue weighted by Crippen LogP contribution is -2.38. The summed E-state index contributed by atoms with van der Waals surface area (Å²) in [6.45, 7) is 4.27. The molecule has 0 aliphatic heterocycles. The minimum atomic E-state index is -1.01. The van der Waals surface area contributed by atoms with Crippen molar-refractivity contribution in [2.45, 2.75) is 26.7 Å². The highest BCUT2D eigenvalue weighted by Crippen LogP contribution is 2.10. The van der Waals surface area contributed by atoms with Crippen LogP contribution in [0.3, 0.4) is 0 Å². The summed E-state index contributed by atoms with van der Waals surface area (Å²) in [6.07, 6.45) is -1.01. The van der Waals surface area contributed by atoms with Gasteiger partial charge in [-0.1, -0.05) is 41.6 Å². The van der Waals surface area contributed by atoms with E-state index < -0.39 is 12.2 Å². The first kappa shape index (κ1) is 23.9. The average molecular weight is 428 g/mol. The van der Waals surface area contributed by atoms with Crippen molar-refractivity contribution < 1.29 is 19.1 Å². The summed E-state index contributed by atoms with van der Waals surface area (Å²) in [5, 5.41) is 16.0. The van der Waals surface area contributed by atoms with Gasteiger partial charge in [0.25, 0.3) is 5.91 Å². The zero-order valence-corrected chi connectivity index (χ0v) is 17.9. The zero-order valence-electron chi connectivity index (χ0n) is 17.9. The number of benzene rings is 1. The summed E-state index contributed by atoms with van der Waals surface area (Å²) in [6, 6.07) is 14.3. The van der Waals surface area contributed by atoms with E-state index in [4.69, 9.17) is 25.6 Å². The van der Waals surface area contributed by atoms with E-state index in [9.17, 15) is 4.79 Å². The topological polar surface area (TPSA) is 135 Å². The molecule has 31 heavy (non-hydrogen) atoms. The Morgan fingerprint density at radius 1 is 1.16 bits per heavy atom. The van der Waals surface area contributed by atoms with Crippen molar-refractivity contribution >= 4 is 23.3 Å². The number of nitrogens with two attached hydrogens (primary N) is 1. The number of amides is 1. The van der Waals surface area contributed by atoms with Gasteiger partial charge in [-0.05, 0) is 26.0 Å². The number of rotatable bonds is 11. The molecule has 0 radical (unpaired) electrons. The molecule has 1 aromatic heterocycles. The third kappa shape index (κ3) is 7.45. The summed E-state index contributed by atoms with van der Waals surface area (Å²) >= 11 is 0. The first-order chi connectivity index (χ1) is 15.0. The van der Waals surface area contributed by atoms with Gasteiger partial charge in [0, 0.05) is 25.8 Å². The molecule has 0 aliphatic carbocycles. The molecule has 0 saturated heterocycles. The van der Waals surface area contributed by atoms with Crippen molar-refractivity contribution in [1.82, 2.24) is 9.99 Å². The number of hydrogen-bond donors (Lipinski definition) is 3. The van der Waals surface area contributed by atoms with Crippen molar-refractivity contribution in [3.63, 3.8) is 0 Å². The third-order valence-corrected chi connectivity index (χ3v) is 3.90. The van der Waals surface area contributed by atoms with E-state index in [0.717, 1.165) is 5.01 Å². The Hall–Kier alpha value is -3.34. The first-order valence-corrected chi connectivity index (χ1v) is 9.79. The molecular formula is C21H28N6O4. The maximum atomic E-state index is 12.3. The Bertz CT molecular complexity index is 882. The first-order valence-electron chi connectivity index (χ1n) is 9.79. The van der Waals surface area contributed by atoms with Gasteiger partial charge in [0.15, 0.2) is 18.2 Å². The predicted molar refractivity (Wildman–Crippen MR) is 117 cm³/mol. The number of hydrogen-bond acceptors (Lipinski definition) is 8. The normalized spacial score (nSPS) is 11.3. The average Bonchev–Trinajstić information content (AvgIpc) is 2.77. The van der Waals surface area contributed by atoms with Gasteiger partial charge in [-0.2, -0.15) is 0 Å². The molecule has 0 spiro atoms. The van der Waals surface area contributed by atoms with Gasteiger partial charge >= 0.3 is 0 Å². The number of nitrogens with zero attached hydrogens (tertiary/aromatic N) is 3. The summed E-state index contributed by atoms with van der Waals surface area (Å²) in [7, 11) is 1.55. The fraction of sp³-hybridized carbons (Fsp3) is 0.333. The van der Waals surface area contributed by atoms with Crippen LogP contribution in [0, 0.1) is 5.41 Å². The number of aromatic nitrogens is 1. The fourth-order valence-electron chi connectivity index (χ4n) is 2.48. The molecule has 1 heterocycles. The van der Waals surface area contributed by atoms with Gasteiger partial charge in [0.2, 0.25) is 6.29 Å². The molecule has 0 unspecified atom stereocenters. The lowest BCUT2D eigenvalue weighted by atomic mass is 10.1. The smallest absolute Gasteiger partial charge is 0.282 e. The predicted octanol–water partition coefficient (Wildman–Crippen LogP) is 2.12. The van der Waals surface area contributed by atoms with E-state index >= 15 is 0 Å². The van der Waals surface area contributed by atoms with Crippen LogP contribution in [0.5, 0.6) is 0 Å². The minimum absolute atomic E-state index is 0.00179. The highest BCUT2D eigenvalue weighted by Gasteiger charge is 2.19. The van der Waals surface area contributed by atoms with E-state index in [1.165, 1.54) is 0 Å². The number of nitrogens with one attached hydrogen (secondary N) is 2. The van der Waals surface area contributed by atoms with Crippen LogP contribution < -0.4 is 11.2 Å². The molecule has 10 heteroatoms. The van der Waals surface area contributed by atoms with Crippen molar-refractivity contribution in [2.24, 2.45) is 11.0 Å². The van der Waals surface area contributed by atoms with Crippen LogP contribution in [0.1, 0.15) is 25.1 Å². The summed E-state index contributed by atoms with van der Waals surface area (Å²) < 4.78 is 10.6. The minimum Gasteiger partial charge on any atom is -0.389 e. The van der Waals surface area contributed by atoms with Gasteiger partial charge in [-0.15, -0.1) is 0 Å². The molecule has 10 nitrogen and oxygen atoms in total. The number of likely N-dealkylation sites (N-methyl/N-ethyl adjacent to an activating group) is 1. The third-order valence-electron chi connectivity index (χ3n) is 3.90. The Morgan fingerprint density at radius 3 is 2.45 bits per heavy atom. The van der Waals surface area contributed by atoms with E-state index in [0.29, 0.717) is 30.3 Å². The van der Waals surface area contributed by atoms with E-state index in [2.05, 4.69) is 15.5 Å². The summed E-state index contributed by atoms with van der Waals surface area (Å²) in [4.78, 5) is 22.1. The van der Waals surface area contributed by atoms with Crippen molar-refractivity contribution in [3.05, 3.63) is 59.8 Å². The van der Waals surface area contributed by atoms with Crippen LogP contribution in [0.2, 0.25) is 0 Å². The SMILES string of the molecule is CCOC(OCC)C(=O)Nc1cccc(CO/N=C(\C(=N)N(C)N)c2ccccc2)n1. The van der Waals surface area contributed by atoms with Gasteiger partial charge in [0.05, 0.1) is 5.69 Å². The van der Waals surface area contributed by atoms with Crippen LogP contribution in [0.15, 0.2) is 53.7 Å².